The first-order valence-corrected chi connectivity index (χ1v) is 9.83. The molecule has 2 unspecified atom stereocenters. The first kappa shape index (κ1) is 19.1. The molecular formula is C20H21BrFN3O3. The number of hydrogen-bond donors (Lipinski definition) is 0. The molecule has 0 N–H and O–H groups in total. The van der Waals surface area contributed by atoms with Gasteiger partial charge in [-0.25, -0.2) is 14.4 Å². The third-order valence-corrected chi connectivity index (χ3v) is 5.44. The van der Waals surface area contributed by atoms with Crippen LogP contribution in [-0.4, -0.2) is 48.5 Å². The Hall–Kier alpha value is -2.19. The normalized spacial score (nSPS) is 23.6. The fraction of sp³-hybridized carbons (Fsp3) is 0.400. The summed E-state index contributed by atoms with van der Waals surface area (Å²) >= 11 is 3.10. The molecule has 2 aromatic rings. The molecule has 2 atom stereocenters. The van der Waals surface area contributed by atoms with Gasteiger partial charge >= 0.3 is 0 Å². The van der Waals surface area contributed by atoms with Gasteiger partial charge in [0, 0.05) is 36.7 Å². The maximum atomic E-state index is 14.5. The molecule has 1 saturated heterocycles. The van der Waals surface area contributed by atoms with E-state index >= 15 is 0 Å². The zero-order valence-electron chi connectivity index (χ0n) is 15.7. The van der Waals surface area contributed by atoms with Crippen molar-refractivity contribution in [3.05, 3.63) is 42.4 Å². The van der Waals surface area contributed by atoms with Gasteiger partial charge in [-0.2, -0.15) is 0 Å². The lowest BCUT2D eigenvalue weighted by Gasteiger charge is -2.26. The van der Waals surface area contributed by atoms with E-state index in [4.69, 9.17) is 14.2 Å². The number of alkyl halides is 2. The number of hydrogen-bond acceptors (Lipinski definition) is 6. The monoisotopic (exact) mass is 449 g/mol. The Bertz CT molecular complexity index is 948. The van der Waals surface area contributed by atoms with Crippen molar-refractivity contribution >= 4 is 32.7 Å². The minimum absolute atomic E-state index is 0.185. The SMILES string of the molecule is COCCOc1cc2ncnc(N3CCC4C=CC(F)(Br)C=C43)c2cc1OC. The van der Waals surface area contributed by atoms with E-state index in [1.54, 1.807) is 26.4 Å². The Balaban J connectivity index is 1.75. The van der Waals surface area contributed by atoms with Gasteiger partial charge in [0.2, 0.25) is 4.58 Å². The van der Waals surface area contributed by atoms with Crippen LogP contribution in [0.4, 0.5) is 10.2 Å². The van der Waals surface area contributed by atoms with Crippen LogP contribution in [0.25, 0.3) is 10.9 Å². The van der Waals surface area contributed by atoms with Crippen LogP contribution in [-0.2, 0) is 4.74 Å². The highest BCUT2D eigenvalue weighted by Crippen LogP contribution is 2.43. The predicted molar refractivity (Wildman–Crippen MR) is 109 cm³/mol. The van der Waals surface area contributed by atoms with E-state index in [0.29, 0.717) is 24.7 Å². The Morgan fingerprint density at radius 1 is 1.25 bits per heavy atom. The zero-order valence-corrected chi connectivity index (χ0v) is 17.3. The largest absolute Gasteiger partial charge is 0.493 e. The second-order valence-corrected chi connectivity index (χ2v) is 7.92. The second-order valence-electron chi connectivity index (χ2n) is 6.71. The molecule has 1 aliphatic carbocycles. The summed E-state index contributed by atoms with van der Waals surface area (Å²) in [6.07, 6.45) is 7.50. The standard InChI is InChI=1S/C20H21BrFN3O3/c1-26-7-8-28-18-10-15-14(9-17(18)27-2)19(24-12-23-15)25-6-4-13-3-5-20(21,22)11-16(13)25/h3,5,9-13H,4,6-8H2,1-2H3. The Morgan fingerprint density at radius 2 is 2.11 bits per heavy atom. The average Bonchev–Trinajstić information content (AvgIpc) is 3.08. The number of rotatable bonds is 6. The fourth-order valence-electron chi connectivity index (χ4n) is 3.62. The van der Waals surface area contributed by atoms with Gasteiger partial charge in [-0.3, -0.25) is 0 Å². The molecule has 148 valence electrons. The summed E-state index contributed by atoms with van der Waals surface area (Å²) in [4.78, 5) is 10.9. The number of halogens is 2. The van der Waals surface area contributed by atoms with Gasteiger partial charge in [0.05, 0.1) is 19.2 Å². The number of aromatic nitrogens is 2. The predicted octanol–water partition coefficient (Wildman–Crippen LogP) is 4.00. The van der Waals surface area contributed by atoms with Gasteiger partial charge in [-0.05, 0) is 40.6 Å². The van der Waals surface area contributed by atoms with Crippen LogP contribution in [0.1, 0.15) is 6.42 Å². The Morgan fingerprint density at radius 3 is 2.89 bits per heavy atom. The minimum Gasteiger partial charge on any atom is -0.493 e. The summed E-state index contributed by atoms with van der Waals surface area (Å²) in [6, 6.07) is 3.71. The van der Waals surface area contributed by atoms with Crippen LogP contribution in [0, 0.1) is 5.92 Å². The molecule has 8 heteroatoms. The van der Waals surface area contributed by atoms with Crippen molar-refractivity contribution in [1.82, 2.24) is 9.97 Å². The summed E-state index contributed by atoms with van der Waals surface area (Å²) in [5.41, 5.74) is 1.64. The lowest BCUT2D eigenvalue weighted by atomic mass is 9.98. The molecule has 2 aliphatic rings. The van der Waals surface area contributed by atoms with Crippen molar-refractivity contribution in [3.63, 3.8) is 0 Å². The molecule has 0 radical (unpaired) electrons. The molecule has 0 saturated carbocycles. The summed E-state index contributed by atoms with van der Waals surface area (Å²) in [5.74, 6) is 2.11. The number of ether oxygens (including phenoxy) is 3. The van der Waals surface area contributed by atoms with E-state index in [1.165, 1.54) is 6.33 Å². The van der Waals surface area contributed by atoms with Crippen LogP contribution >= 0.6 is 15.9 Å². The number of fused-ring (bicyclic) bond motifs is 2. The van der Waals surface area contributed by atoms with E-state index in [1.807, 2.05) is 18.2 Å². The highest BCUT2D eigenvalue weighted by atomic mass is 79.9. The van der Waals surface area contributed by atoms with Crippen molar-refractivity contribution in [3.8, 4) is 11.5 Å². The highest BCUT2D eigenvalue weighted by molar-refractivity contribution is 9.10. The number of benzene rings is 1. The number of anilines is 1. The van der Waals surface area contributed by atoms with Crippen LogP contribution in [0.5, 0.6) is 11.5 Å². The zero-order chi connectivity index (χ0) is 19.7. The molecule has 0 bridgehead atoms. The van der Waals surface area contributed by atoms with Crippen molar-refractivity contribution < 1.29 is 18.6 Å². The molecule has 1 aliphatic heterocycles. The lowest BCUT2D eigenvalue weighted by molar-refractivity contribution is 0.144. The summed E-state index contributed by atoms with van der Waals surface area (Å²) < 4.78 is 29.1. The minimum atomic E-state index is -1.63. The van der Waals surface area contributed by atoms with Crippen molar-refractivity contribution in [2.75, 3.05) is 38.9 Å². The molecule has 1 aromatic heterocycles. The summed E-state index contributed by atoms with van der Waals surface area (Å²) in [5, 5.41) is 0.827. The van der Waals surface area contributed by atoms with Gasteiger partial charge < -0.3 is 19.1 Å². The van der Waals surface area contributed by atoms with Gasteiger partial charge in [-0.1, -0.05) is 6.08 Å². The number of methoxy groups -OCH3 is 2. The quantitative estimate of drug-likeness (QED) is 0.377. The first-order chi connectivity index (χ1) is 13.5. The molecule has 28 heavy (non-hydrogen) atoms. The fourth-order valence-corrected chi connectivity index (χ4v) is 4.00. The molecule has 1 aromatic carbocycles. The van der Waals surface area contributed by atoms with Crippen LogP contribution < -0.4 is 14.4 Å². The Labute approximate surface area is 171 Å². The van der Waals surface area contributed by atoms with E-state index in [9.17, 15) is 4.39 Å². The molecule has 0 spiro atoms. The van der Waals surface area contributed by atoms with Crippen LogP contribution in [0.15, 0.2) is 42.4 Å². The number of allylic oxidation sites excluding steroid dienone is 3. The van der Waals surface area contributed by atoms with Crippen molar-refractivity contribution in [2.45, 2.75) is 11.0 Å². The van der Waals surface area contributed by atoms with Crippen molar-refractivity contribution in [2.24, 2.45) is 5.92 Å². The van der Waals surface area contributed by atoms with E-state index in [0.717, 1.165) is 35.4 Å². The molecular weight excluding hydrogens is 429 g/mol. The summed E-state index contributed by atoms with van der Waals surface area (Å²) in [7, 11) is 3.22. The maximum absolute atomic E-state index is 14.5. The average molecular weight is 450 g/mol. The van der Waals surface area contributed by atoms with E-state index in [-0.39, 0.29) is 5.92 Å². The van der Waals surface area contributed by atoms with Gasteiger partial charge in [0.15, 0.2) is 11.5 Å². The van der Waals surface area contributed by atoms with Crippen LogP contribution in [0.3, 0.4) is 0 Å². The van der Waals surface area contributed by atoms with Gasteiger partial charge in [0.25, 0.3) is 0 Å². The molecule has 1 fully saturated rings. The maximum Gasteiger partial charge on any atom is 0.203 e. The van der Waals surface area contributed by atoms with E-state index in [2.05, 4.69) is 30.8 Å². The van der Waals surface area contributed by atoms with Crippen LogP contribution in [0.2, 0.25) is 0 Å². The van der Waals surface area contributed by atoms with E-state index < -0.39 is 4.58 Å². The smallest absolute Gasteiger partial charge is 0.203 e. The van der Waals surface area contributed by atoms with Crippen molar-refractivity contribution in [1.29, 1.82) is 0 Å². The molecule has 4 rings (SSSR count). The molecule has 6 nitrogen and oxygen atoms in total. The first-order valence-electron chi connectivity index (χ1n) is 9.04. The second kappa shape index (κ2) is 7.67. The lowest BCUT2D eigenvalue weighted by Crippen LogP contribution is -2.24. The van der Waals surface area contributed by atoms with Gasteiger partial charge in [-0.15, -0.1) is 0 Å². The topological polar surface area (TPSA) is 56.7 Å². The summed E-state index contributed by atoms with van der Waals surface area (Å²) in [6.45, 7) is 1.64. The number of nitrogens with zero attached hydrogens (tertiary/aromatic N) is 3. The van der Waals surface area contributed by atoms with Gasteiger partial charge in [0.1, 0.15) is 18.8 Å². The third kappa shape index (κ3) is 3.58. The molecule has 0 amide bonds. The molecule has 2 heterocycles. The highest BCUT2D eigenvalue weighted by Gasteiger charge is 2.36. The third-order valence-electron chi connectivity index (χ3n) is 4.95. The Kier molecular flexibility index (Phi) is 5.25.